The Kier molecular flexibility index (Phi) is 5.99. The van der Waals surface area contributed by atoms with Gasteiger partial charge in [-0.15, -0.1) is 0 Å². The summed E-state index contributed by atoms with van der Waals surface area (Å²) in [6.45, 7) is 0. The lowest BCUT2D eigenvalue weighted by Gasteiger charge is -2.13. The molecule has 126 valence electrons. The molecule has 2 aromatic rings. The van der Waals surface area contributed by atoms with Crippen LogP contribution in [-0.4, -0.2) is 46.8 Å². The molecule has 1 amide bonds. The van der Waals surface area contributed by atoms with Crippen LogP contribution >= 0.6 is 23.4 Å². The van der Waals surface area contributed by atoms with Crippen molar-refractivity contribution in [2.45, 2.75) is 5.16 Å². The first-order chi connectivity index (χ1) is 11.4. The van der Waals surface area contributed by atoms with E-state index >= 15 is 0 Å². The number of carbonyl (C=O) groups is 2. The molecule has 24 heavy (non-hydrogen) atoms. The largest absolute Gasteiger partial charge is 0.476 e. The number of benzene rings is 1. The van der Waals surface area contributed by atoms with Crippen molar-refractivity contribution in [2.24, 2.45) is 0 Å². The quantitative estimate of drug-likeness (QED) is 0.599. The van der Waals surface area contributed by atoms with Gasteiger partial charge in [0.15, 0.2) is 10.9 Å². The fourth-order valence-corrected chi connectivity index (χ4v) is 2.53. The van der Waals surface area contributed by atoms with Crippen molar-refractivity contribution in [1.29, 1.82) is 0 Å². The molecule has 1 aromatic carbocycles. The van der Waals surface area contributed by atoms with Gasteiger partial charge in [0.25, 0.3) is 0 Å². The van der Waals surface area contributed by atoms with Crippen molar-refractivity contribution in [3.8, 4) is 0 Å². The highest BCUT2D eigenvalue weighted by Crippen LogP contribution is 2.19. The van der Waals surface area contributed by atoms with Crippen molar-refractivity contribution in [3.63, 3.8) is 0 Å². The summed E-state index contributed by atoms with van der Waals surface area (Å²) in [6.07, 6.45) is 1.21. The van der Waals surface area contributed by atoms with Crippen molar-refractivity contribution >= 4 is 46.6 Å². The molecule has 0 aliphatic heterocycles. The van der Waals surface area contributed by atoms with Crippen LogP contribution in [-0.2, 0) is 4.79 Å². The molecule has 0 fully saturated rings. The van der Waals surface area contributed by atoms with Crippen LogP contribution in [0, 0.1) is 0 Å². The molecule has 0 spiro atoms. The minimum atomic E-state index is -1.24. The number of carbonyl (C=O) groups excluding carboxylic acids is 1. The molecule has 0 aliphatic rings. The normalized spacial score (nSPS) is 10.3. The maximum Gasteiger partial charge on any atom is 0.356 e. The Morgan fingerprint density at radius 3 is 2.54 bits per heavy atom. The van der Waals surface area contributed by atoms with Gasteiger partial charge in [-0.1, -0.05) is 23.4 Å². The van der Waals surface area contributed by atoms with E-state index in [0.29, 0.717) is 5.69 Å². The summed E-state index contributed by atoms with van der Waals surface area (Å²) in [4.78, 5) is 32.6. The highest BCUT2D eigenvalue weighted by Gasteiger charge is 2.13. The minimum Gasteiger partial charge on any atom is -0.476 e. The molecule has 0 aliphatic carbocycles. The summed E-state index contributed by atoms with van der Waals surface area (Å²) in [5.74, 6) is -1.43. The van der Waals surface area contributed by atoms with E-state index in [4.69, 9.17) is 16.7 Å². The molecule has 2 N–H and O–H groups in total. The second-order valence-corrected chi connectivity index (χ2v) is 6.28. The van der Waals surface area contributed by atoms with Gasteiger partial charge in [-0.2, -0.15) is 0 Å². The summed E-state index contributed by atoms with van der Waals surface area (Å²) in [6, 6.07) is 7.40. The second kappa shape index (κ2) is 7.98. The number of hydrogen-bond acceptors (Lipinski definition) is 6. The first-order valence-corrected chi connectivity index (χ1v) is 8.19. The average Bonchev–Trinajstić information content (AvgIpc) is 2.54. The topological polar surface area (TPSA) is 95.4 Å². The number of halogens is 1. The van der Waals surface area contributed by atoms with Crippen LogP contribution in [0.1, 0.15) is 10.5 Å². The number of carboxylic acids is 1. The fourth-order valence-electron chi connectivity index (χ4n) is 1.74. The summed E-state index contributed by atoms with van der Waals surface area (Å²) in [5.41, 5.74) is 1.42. The molecule has 0 bridgehead atoms. The number of hydrogen-bond donors (Lipinski definition) is 2. The van der Waals surface area contributed by atoms with E-state index in [9.17, 15) is 9.59 Å². The van der Waals surface area contributed by atoms with E-state index in [0.717, 1.165) is 17.4 Å². The summed E-state index contributed by atoms with van der Waals surface area (Å²) < 4.78 is 0. The van der Waals surface area contributed by atoms with Gasteiger partial charge in [0, 0.05) is 25.5 Å². The Morgan fingerprint density at radius 2 is 1.96 bits per heavy atom. The van der Waals surface area contributed by atoms with Crippen LogP contribution in [0.3, 0.4) is 0 Å². The number of anilines is 2. The van der Waals surface area contributed by atoms with Gasteiger partial charge in [0.2, 0.25) is 5.91 Å². The number of nitrogens with zero attached hydrogens (tertiary/aromatic N) is 3. The van der Waals surface area contributed by atoms with Crippen LogP contribution in [0.4, 0.5) is 11.4 Å². The van der Waals surface area contributed by atoms with Crippen molar-refractivity contribution < 1.29 is 14.7 Å². The van der Waals surface area contributed by atoms with E-state index in [1.54, 1.807) is 12.1 Å². The van der Waals surface area contributed by atoms with Crippen molar-refractivity contribution in [2.75, 3.05) is 30.1 Å². The molecule has 9 heteroatoms. The Bertz CT molecular complexity index is 753. The number of carboxylic acid groups (broad SMARTS) is 1. The molecule has 0 saturated heterocycles. The average molecular weight is 367 g/mol. The van der Waals surface area contributed by atoms with Gasteiger partial charge in [0.05, 0.1) is 17.0 Å². The third kappa shape index (κ3) is 4.84. The van der Waals surface area contributed by atoms with Gasteiger partial charge in [0.1, 0.15) is 0 Å². The Balaban J connectivity index is 1.93. The van der Waals surface area contributed by atoms with Gasteiger partial charge in [-0.05, 0) is 24.3 Å². The van der Waals surface area contributed by atoms with Crippen LogP contribution in [0.2, 0.25) is 5.02 Å². The monoisotopic (exact) mass is 366 g/mol. The molecule has 0 saturated carbocycles. The first kappa shape index (κ1) is 18.0. The number of rotatable bonds is 6. The van der Waals surface area contributed by atoms with Gasteiger partial charge < -0.3 is 15.3 Å². The molecule has 0 unspecified atom stereocenters. The third-order valence-corrected chi connectivity index (χ3v) is 4.06. The number of aromatic nitrogens is 2. The van der Waals surface area contributed by atoms with E-state index in [1.165, 1.54) is 6.20 Å². The van der Waals surface area contributed by atoms with Crippen molar-refractivity contribution in [1.82, 2.24) is 9.97 Å². The molecule has 2 rings (SSSR count). The molecule has 0 radical (unpaired) electrons. The van der Waals surface area contributed by atoms with E-state index in [2.05, 4.69) is 15.3 Å². The zero-order chi connectivity index (χ0) is 17.7. The molecule has 1 heterocycles. The fraction of sp³-hybridized carbons (Fsp3) is 0.200. The smallest absolute Gasteiger partial charge is 0.356 e. The van der Waals surface area contributed by atoms with Crippen LogP contribution in [0.5, 0.6) is 0 Å². The van der Waals surface area contributed by atoms with Crippen LogP contribution in [0.25, 0.3) is 0 Å². The van der Waals surface area contributed by atoms with E-state index < -0.39 is 5.97 Å². The maximum atomic E-state index is 12.0. The van der Waals surface area contributed by atoms with Gasteiger partial charge >= 0.3 is 5.97 Å². The summed E-state index contributed by atoms with van der Waals surface area (Å²) in [7, 11) is 3.86. The Hall–Kier alpha value is -2.32. The zero-order valence-corrected chi connectivity index (χ0v) is 14.6. The lowest BCUT2D eigenvalue weighted by atomic mass is 10.2. The van der Waals surface area contributed by atoms with Gasteiger partial charge in [-0.3, -0.25) is 4.79 Å². The summed E-state index contributed by atoms with van der Waals surface area (Å²) in [5, 5.41) is 11.8. The Morgan fingerprint density at radius 1 is 1.29 bits per heavy atom. The number of aromatic carboxylic acids is 1. The number of amides is 1. The second-order valence-electron chi connectivity index (χ2n) is 4.93. The summed E-state index contributed by atoms with van der Waals surface area (Å²) >= 11 is 6.73. The van der Waals surface area contributed by atoms with E-state index in [-0.39, 0.29) is 27.5 Å². The lowest BCUT2D eigenvalue weighted by molar-refractivity contribution is -0.113. The van der Waals surface area contributed by atoms with Crippen LogP contribution in [0.15, 0.2) is 35.6 Å². The molecule has 7 nitrogen and oxygen atoms in total. The number of nitrogens with one attached hydrogen (secondary N) is 1. The van der Waals surface area contributed by atoms with E-state index in [1.807, 2.05) is 31.1 Å². The first-order valence-electron chi connectivity index (χ1n) is 6.82. The molecule has 0 atom stereocenters. The predicted octanol–water partition coefficient (Wildman–Crippen LogP) is 2.62. The SMILES string of the molecule is CN(C)c1ccc(NC(=O)CSc2ncc(Cl)c(C(=O)O)n2)cc1. The van der Waals surface area contributed by atoms with Gasteiger partial charge in [-0.25, -0.2) is 14.8 Å². The minimum absolute atomic E-state index is 0.0442. The zero-order valence-electron chi connectivity index (χ0n) is 13.0. The molecule has 1 aromatic heterocycles. The van der Waals surface area contributed by atoms with Crippen molar-refractivity contribution in [3.05, 3.63) is 41.2 Å². The maximum absolute atomic E-state index is 12.0. The highest BCUT2D eigenvalue weighted by atomic mass is 35.5. The Labute approximate surface area is 148 Å². The molecular formula is C15H15ClN4O3S. The lowest BCUT2D eigenvalue weighted by Crippen LogP contribution is -2.15. The number of thioether (sulfide) groups is 1. The highest BCUT2D eigenvalue weighted by molar-refractivity contribution is 7.99. The standard InChI is InChI=1S/C15H15ClN4O3S/c1-20(2)10-5-3-9(4-6-10)18-12(21)8-24-15-17-7-11(16)13(19-15)14(22)23/h3-7H,8H2,1-2H3,(H,18,21)(H,22,23). The third-order valence-electron chi connectivity index (χ3n) is 2.92. The van der Waals surface area contributed by atoms with Crippen LogP contribution < -0.4 is 10.2 Å². The molecular weight excluding hydrogens is 352 g/mol. The predicted molar refractivity (Wildman–Crippen MR) is 94.1 cm³/mol.